The second-order valence-corrected chi connectivity index (χ2v) is 5.98. The third-order valence-electron chi connectivity index (χ3n) is 3.98. The van der Waals surface area contributed by atoms with Gasteiger partial charge in [0.25, 0.3) is 0 Å². The molecule has 3 N–H and O–H groups in total. The van der Waals surface area contributed by atoms with Gasteiger partial charge in [-0.1, -0.05) is 30.4 Å². The van der Waals surface area contributed by atoms with Crippen LogP contribution in [0.2, 0.25) is 0 Å². The van der Waals surface area contributed by atoms with E-state index in [9.17, 15) is 0 Å². The first-order valence-electron chi connectivity index (χ1n) is 7.98. The summed E-state index contributed by atoms with van der Waals surface area (Å²) in [6, 6.07) is 10.3. The molecule has 0 fully saturated rings. The van der Waals surface area contributed by atoms with Crippen molar-refractivity contribution in [3.8, 4) is 5.69 Å². The van der Waals surface area contributed by atoms with Crippen molar-refractivity contribution in [2.24, 2.45) is 10.7 Å². The average Bonchev–Trinajstić information content (AvgIpc) is 3.14. The summed E-state index contributed by atoms with van der Waals surface area (Å²) < 4.78 is 2.06. The van der Waals surface area contributed by atoms with Crippen LogP contribution in [0.15, 0.2) is 47.5 Å². The van der Waals surface area contributed by atoms with Gasteiger partial charge in [0.1, 0.15) is 0 Å². The SMILES string of the molecule is C=C(C)CNC(N)=NCc1nn(-c2ccccc2)c2c1CCC2. The topological polar surface area (TPSA) is 68.2 Å². The first kappa shape index (κ1) is 15.3. The van der Waals surface area contributed by atoms with Gasteiger partial charge >= 0.3 is 0 Å². The summed E-state index contributed by atoms with van der Waals surface area (Å²) in [6.45, 7) is 6.95. The molecule has 1 aliphatic carbocycles. The highest BCUT2D eigenvalue weighted by atomic mass is 15.3. The number of nitrogens with zero attached hydrogens (tertiary/aromatic N) is 3. The van der Waals surface area contributed by atoms with Crippen LogP contribution in [0.1, 0.15) is 30.3 Å². The van der Waals surface area contributed by atoms with Gasteiger partial charge in [-0.3, -0.25) is 0 Å². The molecular formula is C18H23N5. The average molecular weight is 309 g/mol. The Kier molecular flexibility index (Phi) is 4.46. The summed E-state index contributed by atoms with van der Waals surface area (Å²) in [6.07, 6.45) is 3.33. The van der Waals surface area contributed by atoms with Crippen molar-refractivity contribution >= 4 is 5.96 Å². The fourth-order valence-electron chi connectivity index (χ4n) is 2.88. The molecule has 3 rings (SSSR count). The lowest BCUT2D eigenvalue weighted by Crippen LogP contribution is -2.32. The highest BCUT2D eigenvalue weighted by molar-refractivity contribution is 5.78. The van der Waals surface area contributed by atoms with E-state index in [2.05, 4.69) is 33.7 Å². The van der Waals surface area contributed by atoms with E-state index in [1.165, 1.54) is 17.7 Å². The first-order valence-corrected chi connectivity index (χ1v) is 7.98. The van der Waals surface area contributed by atoms with Crippen molar-refractivity contribution in [2.75, 3.05) is 6.54 Å². The Morgan fingerprint density at radius 3 is 2.87 bits per heavy atom. The quantitative estimate of drug-likeness (QED) is 0.506. The van der Waals surface area contributed by atoms with Crippen LogP contribution >= 0.6 is 0 Å². The number of hydrogen-bond acceptors (Lipinski definition) is 2. The largest absolute Gasteiger partial charge is 0.370 e. The maximum Gasteiger partial charge on any atom is 0.189 e. The van der Waals surface area contributed by atoms with E-state index in [-0.39, 0.29) is 0 Å². The summed E-state index contributed by atoms with van der Waals surface area (Å²) in [5.41, 5.74) is 11.7. The normalized spacial score (nSPS) is 13.9. The number of aromatic nitrogens is 2. The number of nitrogens with two attached hydrogens (primary N) is 1. The minimum atomic E-state index is 0.439. The van der Waals surface area contributed by atoms with Crippen molar-refractivity contribution < 1.29 is 0 Å². The highest BCUT2D eigenvalue weighted by Crippen LogP contribution is 2.28. The Labute approximate surface area is 136 Å². The summed E-state index contributed by atoms with van der Waals surface area (Å²) >= 11 is 0. The maximum atomic E-state index is 5.90. The number of hydrogen-bond donors (Lipinski definition) is 2. The van der Waals surface area contributed by atoms with Gasteiger partial charge in [-0.05, 0) is 43.9 Å². The highest BCUT2D eigenvalue weighted by Gasteiger charge is 2.22. The van der Waals surface area contributed by atoms with Crippen LogP contribution in [0.25, 0.3) is 5.69 Å². The smallest absolute Gasteiger partial charge is 0.189 e. The van der Waals surface area contributed by atoms with E-state index in [1.54, 1.807) is 0 Å². The molecule has 0 saturated heterocycles. The maximum absolute atomic E-state index is 5.90. The Morgan fingerprint density at radius 2 is 2.13 bits per heavy atom. The molecular weight excluding hydrogens is 286 g/mol. The molecule has 1 aliphatic rings. The number of benzene rings is 1. The van der Waals surface area contributed by atoms with Crippen LogP contribution < -0.4 is 11.1 Å². The minimum absolute atomic E-state index is 0.439. The molecule has 5 heteroatoms. The van der Waals surface area contributed by atoms with Gasteiger partial charge in [0, 0.05) is 12.2 Å². The van der Waals surface area contributed by atoms with Crippen LogP contribution in [0.3, 0.4) is 0 Å². The molecule has 0 atom stereocenters. The van der Waals surface area contributed by atoms with Crippen molar-refractivity contribution in [3.05, 3.63) is 59.4 Å². The molecule has 1 aromatic carbocycles. The third-order valence-corrected chi connectivity index (χ3v) is 3.98. The molecule has 23 heavy (non-hydrogen) atoms. The van der Waals surface area contributed by atoms with E-state index in [0.29, 0.717) is 19.0 Å². The van der Waals surface area contributed by atoms with Gasteiger partial charge in [-0.2, -0.15) is 5.10 Å². The number of para-hydroxylation sites is 1. The fraction of sp³-hybridized carbons (Fsp3) is 0.333. The second-order valence-electron chi connectivity index (χ2n) is 5.98. The Bertz CT molecular complexity index is 727. The summed E-state index contributed by atoms with van der Waals surface area (Å²) in [5.74, 6) is 0.439. The number of fused-ring (bicyclic) bond motifs is 1. The molecule has 0 amide bonds. The number of guanidine groups is 1. The van der Waals surface area contributed by atoms with Gasteiger partial charge in [0.05, 0.1) is 17.9 Å². The molecule has 1 heterocycles. The number of aliphatic imine (C=N–C) groups is 1. The van der Waals surface area contributed by atoms with Gasteiger partial charge in [-0.15, -0.1) is 0 Å². The van der Waals surface area contributed by atoms with Gasteiger partial charge < -0.3 is 11.1 Å². The first-order chi connectivity index (χ1) is 11.1. The molecule has 0 saturated carbocycles. The van der Waals surface area contributed by atoms with Crippen molar-refractivity contribution in [1.82, 2.24) is 15.1 Å². The standard InChI is InChI=1S/C18H23N5/c1-13(2)11-20-18(19)21-12-16-15-9-6-10-17(15)23(22-16)14-7-4-3-5-8-14/h3-5,7-8H,1,6,9-12H2,2H3,(H3,19,20,21). The fourth-order valence-corrected chi connectivity index (χ4v) is 2.88. The molecule has 0 unspecified atom stereocenters. The molecule has 5 nitrogen and oxygen atoms in total. The Balaban J connectivity index is 1.81. The van der Waals surface area contributed by atoms with Crippen LogP contribution in [-0.2, 0) is 19.4 Å². The Hall–Kier alpha value is -2.56. The predicted octanol–water partition coefficient (Wildman–Crippen LogP) is 2.34. The summed E-state index contributed by atoms with van der Waals surface area (Å²) in [5, 5.41) is 7.83. The lowest BCUT2D eigenvalue weighted by atomic mass is 10.2. The number of nitrogens with one attached hydrogen (secondary N) is 1. The Morgan fingerprint density at radius 1 is 1.35 bits per heavy atom. The van der Waals surface area contributed by atoms with Crippen molar-refractivity contribution in [2.45, 2.75) is 32.7 Å². The lowest BCUT2D eigenvalue weighted by Gasteiger charge is -2.05. The van der Waals surface area contributed by atoms with E-state index >= 15 is 0 Å². The number of rotatable bonds is 5. The van der Waals surface area contributed by atoms with Gasteiger partial charge in [0.15, 0.2) is 5.96 Å². The van der Waals surface area contributed by atoms with E-state index < -0.39 is 0 Å². The van der Waals surface area contributed by atoms with Crippen molar-refractivity contribution in [1.29, 1.82) is 0 Å². The zero-order valence-corrected chi connectivity index (χ0v) is 13.5. The molecule has 0 spiro atoms. The summed E-state index contributed by atoms with van der Waals surface area (Å²) in [7, 11) is 0. The predicted molar refractivity (Wildman–Crippen MR) is 93.7 cm³/mol. The molecule has 2 aromatic rings. The van der Waals surface area contributed by atoms with Crippen LogP contribution in [-0.4, -0.2) is 22.3 Å². The second kappa shape index (κ2) is 6.69. The monoisotopic (exact) mass is 309 g/mol. The minimum Gasteiger partial charge on any atom is -0.370 e. The molecule has 0 bridgehead atoms. The molecule has 0 aliphatic heterocycles. The van der Waals surface area contributed by atoms with E-state index in [1.807, 2.05) is 25.1 Å². The molecule has 0 radical (unpaired) electrons. The van der Waals surface area contributed by atoms with Gasteiger partial charge in [-0.25, -0.2) is 9.67 Å². The third kappa shape index (κ3) is 3.44. The van der Waals surface area contributed by atoms with Crippen LogP contribution in [0, 0.1) is 0 Å². The summed E-state index contributed by atoms with van der Waals surface area (Å²) in [4.78, 5) is 4.42. The van der Waals surface area contributed by atoms with Crippen LogP contribution in [0.4, 0.5) is 0 Å². The van der Waals surface area contributed by atoms with E-state index in [0.717, 1.165) is 29.8 Å². The molecule has 1 aromatic heterocycles. The van der Waals surface area contributed by atoms with Crippen LogP contribution in [0.5, 0.6) is 0 Å². The van der Waals surface area contributed by atoms with Crippen molar-refractivity contribution in [3.63, 3.8) is 0 Å². The zero-order valence-electron chi connectivity index (χ0n) is 13.5. The van der Waals surface area contributed by atoms with Gasteiger partial charge in [0.2, 0.25) is 0 Å². The molecule has 120 valence electrons. The van der Waals surface area contributed by atoms with E-state index in [4.69, 9.17) is 10.8 Å². The lowest BCUT2D eigenvalue weighted by molar-refractivity contribution is 0.757. The zero-order chi connectivity index (χ0) is 16.2.